The molecule has 0 saturated heterocycles. The minimum atomic E-state index is -4.76. The molecule has 3 atom stereocenters. The van der Waals surface area contributed by atoms with Crippen LogP contribution in [0.4, 0.5) is 0 Å². The molecule has 0 radical (unpaired) electrons. The zero-order chi connectivity index (χ0) is 40.8. The lowest BCUT2D eigenvalue weighted by Gasteiger charge is -2.20. The van der Waals surface area contributed by atoms with Gasteiger partial charge in [-0.05, 0) is 76.7 Å². The zero-order valence-corrected chi connectivity index (χ0v) is 34.4. The highest BCUT2D eigenvalue weighted by Gasteiger charge is 2.28. The van der Waals surface area contributed by atoms with E-state index in [1.165, 1.54) is 32.1 Å². The third-order valence-electron chi connectivity index (χ3n) is 8.21. The summed E-state index contributed by atoms with van der Waals surface area (Å²) in [6, 6.07) is -1.55. The van der Waals surface area contributed by atoms with E-state index in [1.54, 1.807) is 12.2 Å². The van der Waals surface area contributed by atoms with Crippen molar-refractivity contribution in [3.8, 4) is 0 Å². The first kappa shape index (κ1) is 51.9. The molecular weight excluding hydrogens is 725 g/mol. The Labute approximate surface area is 330 Å². The van der Waals surface area contributed by atoms with Gasteiger partial charge in [-0.25, -0.2) is 4.57 Å². The maximum Gasteiger partial charge on any atom is 0.472 e. The summed E-state index contributed by atoms with van der Waals surface area (Å²) >= 11 is 0. The number of carbonyl (C=O) groups excluding carboxylic acids is 3. The Hall–Kier alpha value is -3.15. The lowest BCUT2D eigenvalue weighted by Crippen LogP contribution is -2.34. The van der Waals surface area contributed by atoms with E-state index in [-0.39, 0.29) is 18.6 Å². The molecule has 0 spiro atoms. The van der Waals surface area contributed by atoms with Crippen molar-refractivity contribution in [2.24, 2.45) is 5.73 Å². The fourth-order valence-corrected chi connectivity index (χ4v) is 5.71. The van der Waals surface area contributed by atoms with Crippen LogP contribution in [-0.2, 0) is 42.3 Å². The van der Waals surface area contributed by atoms with Gasteiger partial charge in [0.15, 0.2) is 11.9 Å². The summed E-state index contributed by atoms with van der Waals surface area (Å²) < 4.78 is 32.5. The number of carbonyl (C=O) groups is 4. The molecular formula is C42H70NO11P. The number of allylic oxidation sites excluding steroid dienone is 10. The summed E-state index contributed by atoms with van der Waals surface area (Å²) in [6.45, 7) is 2.53. The van der Waals surface area contributed by atoms with Crippen LogP contribution in [0, 0.1) is 0 Å². The highest BCUT2D eigenvalue weighted by molar-refractivity contribution is 7.47. The second-order valence-corrected chi connectivity index (χ2v) is 14.9. The summed E-state index contributed by atoms with van der Waals surface area (Å²) in [5, 5.41) is 8.87. The topological polar surface area (TPSA) is 189 Å². The van der Waals surface area contributed by atoms with Crippen LogP contribution in [-0.4, -0.2) is 65.7 Å². The van der Waals surface area contributed by atoms with Crippen molar-refractivity contribution in [3.05, 3.63) is 60.8 Å². The quantitative estimate of drug-likeness (QED) is 0.0135. The fraction of sp³-hybridized carbons (Fsp3) is 0.667. The molecule has 0 fully saturated rings. The summed E-state index contributed by atoms with van der Waals surface area (Å²) in [5.74, 6) is -2.46. The van der Waals surface area contributed by atoms with Gasteiger partial charge in [0, 0.05) is 19.3 Å². The lowest BCUT2D eigenvalue weighted by molar-refractivity contribution is -0.161. The van der Waals surface area contributed by atoms with Gasteiger partial charge in [0.05, 0.1) is 13.2 Å². The first-order valence-electron chi connectivity index (χ1n) is 20.3. The van der Waals surface area contributed by atoms with Crippen LogP contribution in [0.15, 0.2) is 60.8 Å². The van der Waals surface area contributed by atoms with Gasteiger partial charge in [-0.15, -0.1) is 0 Å². The van der Waals surface area contributed by atoms with Gasteiger partial charge in [-0.3, -0.25) is 28.2 Å². The van der Waals surface area contributed by atoms with Crippen LogP contribution < -0.4 is 5.73 Å². The van der Waals surface area contributed by atoms with E-state index in [2.05, 4.69) is 60.9 Å². The maximum absolute atomic E-state index is 12.6. The third-order valence-corrected chi connectivity index (χ3v) is 9.17. The highest BCUT2D eigenvalue weighted by atomic mass is 31.2. The SMILES string of the molecule is CCCCC/C=C\C=C\C(=O)CCCCCCCC(=O)O[C@H](COC(=O)CCCC/C=C\C/C=C\C/C=C\CCCCC)COP(=O)(O)OC[C@H](N)C(=O)O. The number of phosphoric acid groups is 1. The van der Waals surface area contributed by atoms with Crippen LogP contribution in [0.3, 0.4) is 0 Å². The number of esters is 2. The molecule has 13 heteroatoms. The van der Waals surface area contributed by atoms with Crippen LogP contribution >= 0.6 is 7.82 Å². The molecule has 0 aliphatic carbocycles. The van der Waals surface area contributed by atoms with Gasteiger partial charge in [-0.2, -0.15) is 0 Å². The molecule has 1 unspecified atom stereocenters. The van der Waals surface area contributed by atoms with Crippen molar-refractivity contribution in [1.29, 1.82) is 0 Å². The average molecular weight is 796 g/mol. The van der Waals surface area contributed by atoms with Crippen molar-refractivity contribution in [1.82, 2.24) is 0 Å². The van der Waals surface area contributed by atoms with Crippen LogP contribution in [0.5, 0.6) is 0 Å². The summed E-state index contributed by atoms with van der Waals surface area (Å²) in [4.78, 5) is 57.9. The summed E-state index contributed by atoms with van der Waals surface area (Å²) in [6.07, 6.45) is 36.9. The number of ketones is 1. The van der Waals surface area contributed by atoms with Gasteiger partial charge in [0.2, 0.25) is 0 Å². The Morgan fingerprint density at radius 3 is 1.75 bits per heavy atom. The highest BCUT2D eigenvalue weighted by Crippen LogP contribution is 2.43. The number of aliphatic carboxylic acids is 1. The predicted octanol–water partition coefficient (Wildman–Crippen LogP) is 9.57. The van der Waals surface area contributed by atoms with E-state index in [9.17, 15) is 28.6 Å². The molecule has 12 nitrogen and oxygen atoms in total. The fourth-order valence-electron chi connectivity index (χ4n) is 4.93. The molecule has 0 bridgehead atoms. The minimum Gasteiger partial charge on any atom is -0.480 e. The largest absolute Gasteiger partial charge is 0.480 e. The number of unbranched alkanes of at least 4 members (excludes halogenated alkanes) is 12. The van der Waals surface area contributed by atoms with Crippen molar-refractivity contribution < 1.29 is 52.3 Å². The molecule has 0 aromatic carbocycles. The number of carboxylic acids is 1. The number of hydrogen-bond acceptors (Lipinski definition) is 10. The standard InChI is InChI=1S/C42H70NO11P/c1-3-5-7-9-11-12-13-14-15-16-17-18-20-24-28-32-40(45)51-34-38(35-52-55(49,50)53-36-39(43)42(47)48)54-41(46)33-29-25-21-23-27-31-37(44)30-26-22-19-10-8-6-4-2/h11-12,14-15,17-19,22,26,30,38-39H,3-10,13,16,20-21,23-25,27-29,31-36,43H2,1-2H3,(H,47,48)(H,49,50)/b12-11-,15-14-,18-17-,22-19-,30-26+/t38-,39+/m1/s1. The normalized spacial score (nSPS) is 14.3. The molecule has 4 N–H and O–H groups in total. The van der Waals surface area contributed by atoms with Gasteiger partial charge in [0.25, 0.3) is 0 Å². The second kappa shape index (κ2) is 36.5. The maximum atomic E-state index is 12.6. The molecule has 0 saturated carbocycles. The first-order valence-corrected chi connectivity index (χ1v) is 21.8. The smallest absolute Gasteiger partial charge is 0.472 e. The van der Waals surface area contributed by atoms with E-state index < -0.39 is 57.7 Å². The molecule has 0 heterocycles. The number of ether oxygens (including phenoxy) is 2. The van der Waals surface area contributed by atoms with E-state index in [0.29, 0.717) is 19.3 Å². The average Bonchev–Trinajstić information content (AvgIpc) is 3.15. The number of hydrogen-bond donors (Lipinski definition) is 3. The minimum absolute atomic E-state index is 0.0664. The summed E-state index contributed by atoms with van der Waals surface area (Å²) in [5.41, 5.74) is 5.31. The Morgan fingerprint density at radius 2 is 1.13 bits per heavy atom. The number of nitrogens with two attached hydrogens (primary N) is 1. The van der Waals surface area contributed by atoms with Gasteiger partial charge in [-0.1, -0.05) is 113 Å². The molecule has 0 amide bonds. The number of phosphoric ester groups is 1. The van der Waals surface area contributed by atoms with Crippen molar-refractivity contribution >= 4 is 31.5 Å². The van der Waals surface area contributed by atoms with Crippen molar-refractivity contribution in [2.45, 2.75) is 161 Å². The van der Waals surface area contributed by atoms with E-state index in [4.69, 9.17) is 24.8 Å². The van der Waals surface area contributed by atoms with Gasteiger partial charge >= 0.3 is 25.7 Å². The van der Waals surface area contributed by atoms with Crippen LogP contribution in [0.1, 0.15) is 149 Å². The first-order chi connectivity index (χ1) is 26.5. The van der Waals surface area contributed by atoms with Gasteiger partial charge < -0.3 is 25.2 Å². The molecule has 0 aliphatic heterocycles. The van der Waals surface area contributed by atoms with Gasteiger partial charge in [0.1, 0.15) is 12.6 Å². The number of carboxylic acid groups (broad SMARTS) is 1. The predicted molar refractivity (Wildman–Crippen MR) is 217 cm³/mol. The monoisotopic (exact) mass is 795 g/mol. The Kier molecular flexibility index (Phi) is 34.4. The van der Waals surface area contributed by atoms with Crippen LogP contribution in [0.25, 0.3) is 0 Å². The molecule has 0 aromatic heterocycles. The van der Waals surface area contributed by atoms with Crippen molar-refractivity contribution in [2.75, 3.05) is 19.8 Å². The van der Waals surface area contributed by atoms with Crippen LogP contribution in [0.2, 0.25) is 0 Å². The summed E-state index contributed by atoms with van der Waals surface area (Å²) in [7, 11) is -4.76. The number of rotatable bonds is 37. The molecule has 314 valence electrons. The van der Waals surface area contributed by atoms with Crippen molar-refractivity contribution in [3.63, 3.8) is 0 Å². The lowest BCUT2D eigenvalue weighted by atomic mass is 10.1. The molecule has 0 aromatic rings. The van der Waals surface area contributed by atoms with E-state index in [1.807, 2.05) is 6.08 Å². The molecule has 0 aliphatic rings. The van der Waals surface area contributed by atoms with E-state index in [0.717, 1.165) is 70.6 Å². The molecule has 55 heavy (non-hydrogen) atoms. The Morgan fingerprint density at radius 1 is 0.618 bits per heavy atom. The third kappa shape index (κ3) is 36.3. The Bertz CT molecular complexity index is 1230. The molecule has 0 rings (SSSR count). The Balaban J connectivity index is 4.58. The second-order valence-electron chi connectivity index (χ2n) is 13.4. The van der Waals surface area contributed by atoms with E-state index >= 15 is 0 Å². The zero-order valence-electron chi connectivity index (χ0n) is 33.5.